The first-order chi connectivity index (χ1) is 14.6. The van der Waals surface area contributed by atoms with E-state index in [9.17, 15) is 19.2 Å². The maximum Gasteiger partial charge on any atom is 0.255 e. The Morgan fingerprint density at radius 3 is 2.70 bits per heavy atom. The highest BCUT2D eigenvalue weighted by atomic mass is 16.2. The number of carbonyl (C=O) groups excluding carboxylic acids is 4. The first-order valence-corrected chi connectivity index (χ1v) is 10.1. The fraction of sp³-hybridized carbons (Fsp3) is 0.478. The number of hydrogen-bond acceptors (Lipinski definition) is 5. The van der Waals surface area contributed by atoms with Crippen LogP contribution in [0.2, 0.25) is 0 Å². The second-order valence-electron chi connectivity index (χ2n) is 6.75. The van der Waals surface area contributed by atoms with Gasteiger partial charge in [-0.25, -0.2) is 0 Å². The molecule has 7 heteroatoms. The molecule has 0 saturated heterocycles. The highest BCUT2D eigenvalue weighted by molar-refractivity contribution is 6.00. The van der Waals surface area contributed by atoms with Gasteiger partial charge in [-0.05, 0) is 37.0 Å². The molecule has 0 fully saturated rings. The van der Waals surface area contributed by atoms with Crippen LogP contribution in [0.3, 0.4) is 0 Å². The van der Waals surface area contributed by atoms with Crippen LogP contribution in [0.4, 0.5) is 0 Å². The van der Waals surface area contributed by atoms with Gasteiger partial charge >= 0.3 is 0 Å². The first kappa shape index (κ1) is 25.1. The Bertz CT molecular complexity index is 795. The van der Waals surface area contributed by atoms with E-state index < -0.39 is 6.04 Å². The van der Waals surface area contributed by atoms with Crippen molar-refractivity contribution in [2.75, 3.05) is 14.2 Å². The predicted molar refractivity (Wildman–Crippen MR) is 114 cm³/mol. The van der Waals surface area contributed by atoms with Crippen molar-refractivity contribution in [1.82, 2.24) is 10.2 Å². The van der Waals surface area contributed by atoms with Gasteiger partial charge in [-0.3, -0.25) is 9.59 Å². The third-order valence-electron chi connectivity index (χ3n) is 4.85. The lowest BCUT2D eigenvalue weighted by Gasteiger charge is -2.22. The lowest BCUT2D eigenvalue weighted by molar-refractivity contribution is -0.121. The zero-order valence-electron chi connectivity index (χ0n) is 17.6. The molecule has 1 aliphatic rings. The summed E-state index contributed by atoms with van der Waals surface area (Å²) in [5, 5.41) is 9.52. The maximum absolute atomic E-state index is 12.7. The highest BCUT2D eigenvalue weighted by Crippen LogP contribution is 2.28. The molecule has 1 aromatic rings. The van der Waals surface area contributed by atoms with Crippen molar-refractivity contribution in [3.8, 4) is 11.8 Å². The molecule has 0 saturated carbocycles. The molecule has 7 nitrogen and oxygen atoms in total. The molecule has 2 amide bonds. The van der Waals surface area contributed by atoms with Gasteiger partial charge in [-0.2, -0.15) is 0 Å². The molecular formula is C23H30N2O5. The molecule has 1 aromatic carbocycles. The Hall–Kier alpha value is -2.98. The summed E-state index contributed by atoms with van der Waals surface area (Å²) in [4.78, 5) is 47.5. The standard InChI is InChI=1S/C22H26N2O4.CH4O/c1-23-21(27)13-12-18(16-26)24-15-20-17(10-8-11-19(20)22(24)28)9-6-4-2-3-5-7-14-25;1-2/h8,10-11,14,16,18H,2-5,7,12-13,15H2,1H3,(H,23,27);2H,1H3. The number of fused-ring (bicyclic) bond motifs is 1. The number of aldehydes is 2. The van der Waals surface area contributed by atoms with Crippen LogP contribution in [0, 0.1) is 11.8 Å². The molecule has 0 aliphatic carbocycles. The van der Waals surface area contributed by atoms with Crippen LogP contribution < -0.4 is 5.32 Å². The summed E-state index contributed by atoms with van der Waals surface area (Å²) in [5.74, 6) is 5.93. The summed E-state index contributed by atoms with van der Waals surface area (Å²) in [7, 11) is 2.54. The minimum atomic E-state index is -0.629. The molecule has 1 unspecified atom stereocenters. The third kappa shape index (κ3) is 7.12. The zero-order chi connectivity index (χ0) is 22.4. The Kier molecular flexibility index (Phi) is 11.8. The Balaban J connectivity index is 0.00000218. The van der Waals surface area contributed by atoms with Crippen LogP contribution in [0.15, 0.2) is 18.2 Å². The molecular weight excluding hydrogens is 384 g/mol. The lowest BCUT2D eigenvalue weighted by Crippen LogP contribution is -2.37. The number of hydrogen-bond donors (Lipinski definition) is 2. The molecule has 30 heavy (non-hydrogen) atoms. The van der Waals surface area contributed by atoms with Gasteiger partial charge in [0.25, 0.3) is 5.91 Å². The maximum atomic E-state index is 12.7. The third-order valence-corrected chi connectivity index (χ3v) is 4.85. The van der Waals surface area contributed by atoms with Crippen molar-refractivity contribution in [3.63, 3.8) is 0 Å². The topological polar surface area (TPSA) is 104 Å². The molecule has 1 heterocycles. The van der Waals surface area contributed by atoms with Gasteiger partial charge in [0.2, 0.25) is 5.91 Å². The van der Waals surface area contributed by atoms with E-state index in [1.807, 2.05) is 6.07 Å². The van der Waals surface area contributed by atoms with Crippen molar-refractivity contribution < 1.29 is 24.3 Å². The molecule has 2 rings (SSSR count). The normalized spacial score (nSPS) is 12.6. The number of aliphatic hydroxyl groups excluding tert-OH is 1. The summed E-state index contributed by atoms with van der Waals surface area (Å²) in [6.07, 6.45) is 6.28. The predicted octanol–water partition coefficient (Wildman–Crippen LogP) is 1.85. The number of aliphatic hydroxyl groups is 1. The van der Waals surface area contributed by atoms with Crippen LogP contribution >= 0.6 is 0 Å². The van der Waals surface area contributed by atoms with E-state index in [2.05, 4.69) is 17.2 Å². The quantitative estimate of drug-likeness (QED) is 0.345. The smallest absolute Gasteiger partial charge is 0.255 e. The summed E-state index contributed by atoms with van der Waals surface area (Å²) in [6.45, 7) is 0.329. The average Bonchev–Trinajstić information content (AvgIpc) is 3.12. The fourth-order valence-electron chi connectivity index (χ4n) is 3.22. The Morgan fingerprint density at radius 2 is 2.03 bits per heavy atom. The molecule has 1 atom stereocenters. The van der Waals surface area contributed by atoms with Crippen molar-refractivity contribution in [1.29, 1.82) is 0 Å². The van der Waals surface area contributed by atoms with E-state index in [1.54, 1.807) is 19.2 Å². The van der Waals surface area contributed by atoms with E-state index in [1.165, 1.54) is 4.90 Å². The van der Waals surface area contributed by atoms with Crippen LogP contribution in [0.5, 0.6) is 0 Å². The minimum absolute atomic E-state index is 0.157. The SMILES string of the molecule is CNC(=O)CCC(C=O)N1Cc2c(C#CCCCCCC=O)cccc2C1=O.CO. The van der Waals surface area contributed by atoms with Crippen molar-refractivity contribution in [3.05, 3.63) is 34.9 Å². The van der Waals surface area contributed by atoms with Crippen molar-refractivity contribution in [2.45, 2.75) is 57.5 Å². The number of benzene rings is 1. The summed E-state index contributed by atoms with van der Waals surface area (Å²) < 4.78 is 0. The van der Waals surface area contributed by atoms with Gasteiger partial charge < -0.3 is 24.9 Å². The summed E-state index contributed by atoms with van der Waals surface area (Å²) in [6, 6.07) is 4.81. The van der Waals surface area contributed by atoms with E-state index in [-0.39, 0.29) is 18.2 Å². The summed E-state index contributed by atoms with van der Waals surface area (Å²) in [5.41, 5.74) is 2.22. The second-order valence-corrected chi connectivity index (χ2v) is 6.75. The Morgan fingerprint density at radius 1 is 1.27 bits per heavy atom. The van der Waals surface area contributed by atoms with E-state index in [0.717, 1.165) is 56.5 Å². The van der Waals surface area contributed by atoms with Gasteiger partial charge in [-0.1, -0.05) is 24.3 Å². The fourth-order valence-corrected chi connectivity index (χ4v) is 3.22. The number of amides is 2. The number of rotatable bonds is 10. The van der Waals surface area contributed by atoms with Gasteiger partial charge in [0, 0.05) is 51.1 Å². The molecule has 0 aromatic heterocycles. The molecule has 162 valence electrons. The van der Waals surface area contributed by atoms with Crippen LogP contribution in [-0.4, -0.2) is 54.6 Å². The number of unbranched alkanes of at least 4 members (excludes halogenated alkanes) is 4. The van der Waals surface area contributed by atoms with E-state index in [4.69, 9.17) is 5.11 Å². The van der Waals surface area contributed by atoms with Crippen molar-refractivity contribution in [2.24, 2.45) is 0 Å². The van der Waals surface area contributed by atoms with E-state index in [0.29, 0.717) is 24.9 Å². The highest BCUT2D eigenvalue weighted by Gasteiger charge is 2.33. The summed E-state index contributed by atoms with van der Waals surface area (Å²) >= 11 is 0. The van der Waals surface area contributed by atoms with Crippen LogP contribution in [0.1, 0.15) is 66.4 Å². The van der Waals surface area contributed by atoms with Crippen LogP contribution in [-0.2, 0) is 20.9 Å². The molecule has 1 aliphatic heterocycles. The lowest BCUT2D eigenvalue weighted by atomic mass is 10.0. The minimum Gasteiger partial charge on any atom is -0.400 e. The molecule has 0 bridgehead atoms. The zero-order valence-corrected chi connectivity index (χ0v) is 17.6. The largest absolute Gasteiger partial charge is 0.400 e. The Labute approximate surface area is 177 Å². The van der Waals surface area contributed by atoms with Gasteiger partial charge in [0.15, 0.2) is 0 Å². The van der Waals surface area contributed by atoms with Gasteiger partial charge in [0.05, 0.1) is 6.04 Å². The van der Waals surface area contributed by atoms with E-state index >= 15 is 0 Å². The van der Waals surface area contributed by atoms with Crippen LogP contribution in [0.25, 0.3) is 0 Å². The van der Waals surface area contributed by atoms with Gasteiger partial charge in [-0.15, -0.1) is 0 Å². The van der Waals surface area contributed by atoms with Gasteiger partial charge in [0.1, 0.15) is 12.6 Å². The monoisotopic (exact) mass is 414 g/mol. The van der Waals surface area contributed by atoms with Crippen molar-refractivity contribution >= 4 is 24.4 Å². The molecule has 2 N–H and O–H groups in total. The molecule has 0 radical (unpaired) electrons. The number of nitrogens with one attached hydrogen (secondary N) is 1. The average molecular weight is 415 g/mol. The number of carbonyl (C=O) groups is 4. The second kappa shape index (κ2) is 14.1. The first-order valence-electron chi connectivity index (χ1n) is 10.1. The number of nitrogens with zero attached hydrogens (tertiary/aromatic N) is 1. The molecule has 0 spiro atoms.